The maximum atomic E-state index is 13.1. The zero-order chi connectivity index (χ0) is 21.5. The van der Waals surface area contributed by atoms with Crippen LogP contribution in [0.1, 0.15) is 31.6 Å². The average Bonchev–Trinajstić information content (AvgIpc) is 3.27. The van der Waals surface area contributed by atoms with Gasteiger partial charge in [0.2, 0.25) is 5.91 Å². The van der Waals surface area contributed by atoms with Crippen LogP contribution in [0.25, 0.3) is 11.3 Å². The molecule has 1 amide bonds. The standard InChI is InChI=1S/C24H25FN2O4/c25-18-10-8-17(9-11-18)22-15-26-24(31-22)13-12-23(28)27-20-6-1-2-7-21(20)30-16-19-5-3-4-14-29-19/h1-2,6-11,15,19H,3-5,12-14,16H2,(H,27,28). The second-order valence-corrected chi connectivity index (χ2v) is 7.47. The van der Waals surface area contributed by atoms with Crippen molar-refractivity contribution in [3.63, 3.8) is 0 Å². The number of rotatable bonds is 8. The summed E-state index contributed by atoms with van der Waals surface area (Å²) in [5, 5.41) is 2.90. The van der Waals surface area contributed by atoms with Gasteiger partial charge in [-0.05, 0) is 55.7 Å². The Labute approximate surface area is 180 Å². The summed E-state index contributed by atoms with van der Waals surface area (Å²) in [5.74, 6) is 1.15. The first-order valence-corrected chi connectivity index (χ1v) is 10.5. The van der Waals surface area contributed by atoms with Gasteiger partial charge in [0, 0.05) is 25.0 Å². The Balaban J connectivity index is 1.29. The van der Waals surface area contributed by atoms with Gasteiger partial charge < -0.3 is 19.2 Å². The van der Waals surface area contributed by atoms with Crippen LogP contribution in [0.5, 0.6) is 5.75 Å². The molecule has 4 rings (SSSR count). The largest absolute Gasteiger partial charge is 0.489 e. The number of halogens is 1. The Hall–Kier alpha value is -3.19. The van der Waals surface area contributed by atoms with E-state index in [1.54, 1.807) is 18.3 Å². The molecule has 0 spiro atoms. The third-order valence-corrected chi connectivity index (χ3v) is 5.11. The summed E-state index contributed by atoms with van der Waals surface area (Å²) in [5.41, 5.74) is 1.36. The SMILES string of the molecule is O=C(CCc1ncc(-c2ccc(F)cc2)o1)Nc1ccccc1OCC1CCCCO1. The van der Waals surface area contributed by atoms with Crippen LogP contribution >= 0.6 is 0 Å². The maximum absolute atomic E-state index is 13.1. The first-order valence-electron chi connectivity index (χ1n) is 10.5. The molecular weight excluding hydrogens is 399 g/mol. The van der Waals surface area contributed by atoms with Gasteiger partial charge >= 0.3 is 0 Å². The first-order chi connectivity index (χ1) is 15.2. The van der Waals surface area contributed by atoms with Crippen LogP contribution in [0.3, 0.4) is 0 Å². The highest BCUT2D eigenvalue weighted by molar-refractivity contribution is 5.92. The molecule has 1 aliphatic heterocycles. The van der Waals surface area contributed by atoms with Crippen LogP contribution < -0.4 is 10.1 Å². The van der Waals surface area contributed by atoms with E-state index >= 15 is 0 Å². The van der Waals surface area contributed by atoms with E-state index in [9.17, 15) is 9.18 Å². The molecule has 7 heteroatoms. The predicted octanol–water partition coefficient (Wildman–Crippen LogP) is 5.00. The van der Waals surface area contributed by atoms with E-state index in [2.05, 4.69) is 10.3 Å². The molecule has 0 saturated carbocycles. The Morgan fingerprint density at radius 2 is 2.00 bits per heavy atom. The number of para-hydroxylation sites is 2. The molecule has 1 saturated heterocycles. The van der Waals surface area contributed by atoms with Crippen LogP contribution in [-0.4, -0.2) is 30.2 Å². The molecular formula is C24H25FN2O4. The minimum absolute atomic E-state index is 0.0952. The van der Waals surface area contributed by atoms with Crippen molar-refractivity contribution in [2.75, 3.05) is 18.5 Å². The molecule has 1 unspecified atom stereocenters. The molecule has 1 aliphatic rings. The second-order valence-electron chi connectivity index (χ2n) is 7.47. The number of amides is 1. The molecule has 31 heavy (non-hydrogen) atoms. The Bertz CT molecular complexity index is 997. The van der Waals surface area contributed by atoms with Gasteiger partial charge in [-0.2, -0.15) is 0 Å². The monoisotopic (exact) mass is 424 g/mol. The molecule has 0 radical (unpaired) electrons. The number of nitrogens with zero attached hydrogens (tertiary/aromatic N) is 1. The number of anilines is 1. The number of hydrogen-bond acceptors (Lipinski definition) is 5. The fourth-order valence-electron chi connectivity index (χ4n) is 3.42. The van der Waals surface area contributed by atoms with Gasteiger partial charge in [-0.1, -0.05) is 12.1 Å². The second kappa shape index (κ2) is 10.2. The summed E-state index contributed by atoms with van der Waals surface area (Å²) >= 11 is 0. The molecule has 6 nitrogen and oxygen atoms in total. The third kappa shape index (κ3) is 5.92. The average molecular weight is 424 g/mol. The van der Waals surface area contributed by atoms with Crippen LogP contribution in [0.2, 0.25) is 0 Å². The summed E-state index contributed by atoms with van der Waals surface area (Å²) < 4.78 is 30.4. The predicted molar refractivity (Wildman–Crippen MR) is 114 cm³/mol. The summed E-state index contributed by atoms with van der Waals surface area (Å²) in [6.45, 7) is 1.24. The molecule has 1 N–H and O–H groups in total. The third-order valence-electron chi connectivity index (χ3n) is 5.11. The topological polar surface area (TPSA) is 73.6 Å². The Kier molecular flexibility index (Phi) is 6.94. The van der Waals surface area contributed by atoms with Crippen LogP contribution in [0.4, 0.5) is 10.1 Å². The lowest BCUT2D eigenvalue weighted by Gasteiger charge is -2.23. The van der Waals surface area contributed by atoms with E-state index in [1.165, 1.54) is 12.1 Å². The van der Waals surface area contributed by atoms with Gasteiger partial charge in [0.15, 0.2) is 11.7 Å². The molecule has 3 aromatic rings. The van der Waals surface area contributed by atoms with E-state index in [1.807, 2.05) is 24.3 Å². The van der Waals surface area contributed by atoms with Gasteiger partial charge in [-0.15, -0.1) is 0 Å². The van der Waals surface area contributed by atoms with Crippen molar-refractivity contribution in [3.8, 4) is 17.1 Å². The van der Waals surface area contributed by atoms with Crippen LogP contribution in [0, 0.1) is 5.82 Å². The Morgan fingerprint density at radius 3 is 2.81 bits per heavy atom. The highest BCUT2D eigenvalue weighted by Gasteiger charge is 2.16. The number of hydrogen-bond donors (Lipinski definition) is 1. The quantitative estimate of drug-likeness (QED) is 0.551. The van der Waals surface area contributed by atoms with Gasteiger partial charge in [-0.25, -0.2) is 9.37 Å². The van der Waals surface area contributed by atoms with Crippen molar-refractivity contribution in [2.24, 2.45) is 0 Å². The fraction of sp³-hybridized carbons (Fsp3) is 0.333. The highest BCUT2D eigenvalue weighted by atomic mass is 19.1. The molecule has 1 aromatic heterocycles. The molecule has 1 fully saturated rings. The Morgan fingerprint density at radius 1 is 1.16 bits per heavy atom. The van der Waals surface area contributed by atoms with E-state index in [-0.39, 0.29) is 24.2 Å². The fourth-order valence-corrected chi connectivity index (χ4v) is 3.42. The van der Waals surface area contributed by atoms with Crippen molar-refractivity contribution >= 4 is 11.6 Å². The summed E-state index contributed by atoms with van der Waals surface area (Å²) in [7, 11) is 0. The maximum Gasteiger partial charge on any atom is 0.224 e. The van der Waals surface area contributed by atoms with E-state index in [4.69, 9.17) is 13.9 Å². The molecule has 2 aromatic carbocycles. The van der Waals surface area contributed by atoms with Crippen molar-refractivity contribution < 1.29 is 23.1 Å². The number of aryl methyl sites for hydroxylation is 1. The molecule has 0 bridgehead atoms. The number of aromatic nitrogens is 1. The van der Waals surface area contributed by atoms with Crippen molar-refractivity contribution in [1.29, 1.82) is 0 Å². The van der Waals surface area contributed by atoms with E-state index in [0.29, 0.717) is 36.1 Å². The summed E-state index contributed by atoms with van der Waals surface area (Å²) in [6.07, 6.45) is 5.48. The molecule has 0 aliphatic carbocycles. The van der Waals surface area contributed by atoms with Gasteiger partial charge in [-0.3, -0.25) is 4.79 Å². The first kappa shape index (κ1) is 21.1. The number of ether oxygens (including phenoxy) is 2. The van der Waals surface area contributed by atoms with Crippen LogP contribution in [0.15, 0.2) is 59.1 Å². The number of benzene rings is 2. The highest BCUT2D eigenvalue weighted by Crippen LogP contribution is 2.26. The van der Waals surface area contributed by atoms with E-state index < -0.39 is 0 Å². The number of nitrogens with one attached hydrogen (secondary N) is 1. The molecule has 2 heterocycles. The summed E-state index contributed by atoms with van der Waals surface area (Å²) in [6, 6.07) is 13.4. The lowest BCUT2D eigenvalue weighted by Crippen LogP contribution is -2.26. The van der Waals surface area contributed by atoms with Gasteiger partial charge in [0.05, 0.1) is 18.0 Å². The van der Waals surface area contributed by atoms with Gasteiger partial charge in [0.1, 0.15) is 18.2 Å². The molecule has 162 valence electrons. The zero-order valence-electron chi connectivity index (χ0n) is 17.2. The van der Waals surface area contributed by atoms with Crippen molar-refractivity contribution in [2.45, 2.75) is 38.2 Å². The minimum atomic E-state index is -0.310. The van der Waals surface area contributed by atoms with Gasteiger partial charge in [0.25, 0.3) is 0 Å². The lowest BCUT2D eigenvalue weighted by molar-refractivity contribution is -0.116. The van der Waals surface area contributed by atoms with Crippen molar-refractivity contribution in [3.05, 3.63) is 66.4 Å². The summed E-state index contributed by atoms with van der Waals surface area (Å²) in [4.78, 5) is 16.7. The van der Waals surface area contributed by atoms with E-state index in [0.717, 1.165) is 31.4 Å². The number of carbonyl (C=O) groups is 1. The van der Waals surface area contributed by atoms with Crippen molar-refractivity contribution in [1.82, 2.24) is 4.98 Å². The van der Waals surface area contributed by atoms with Crippen LogP contribution in [-0.2, 0) is 16.0 Å². The number of oxazole rings is 1. The zero-order valence-corrected chi connectivity index (χ0v) is 17.2. The minimum Gasteiger partial charge on any atom is -0.489 e. The molecule has 1 atom stereocenters. The smallest absolute Gasteiger partial charge is 0.224 e. The number of carbonyl (C=O) groups excluding carboxylic acids is 1. The normalized spacial score (nSPS) is 16.1. The lowest BCUT2D eigenvalue weighted by atomic mass is 10.1.